The second-order valence-corrected chi connectivity index (χ2v) is 15.1. The van der Waals surface area contributed by atoms with Crippen LogP contribution in [0.25, 0.3) is 0 Å². The van der Waals surface area contributed by atoms with E-state index in [1.807, 2.05) is 50.4 Å². The normalized spacial score (nSPS) is 25.6. The second-order valence-electron chi connectivity index (χ2n) is 15.1. The number of hydrogen-bond donors (Lipinski definition) is 1. The minimum absolute atomic E-state index is 0.0207. The van der Waals surface area contributed by atoms with Crippen LogP contribution < -0.4 is 0 Å². The van der Waals surface area contributed by atoms with E-state index in [9.17, 15) is 9.90 Å². The summed E-state index contributed by atoms with van der Waals surface area (Å²) in [6.45, 7) is 18.6. The fraction of sp³-hybridized carbons (Fsp3) is 0.718. The van der Waals surface area contributed by atoms with E-state index in [0.717, 1.165) is 12.0 Å². The fourth-order valence-corrected chi connectivity index (χ4v) is 7.39. The number of nitrogens with zero attached hydrogens (tertiary/aromatic N) is 2. The van der Waals surface area contributed by atoms with Crippen LogP contribution in [0.2, 0.25) is 0 Å². The van der Waals surface area contributed by atoms with Crippen molar-refractivity contribution in [2.75, 3.05) is 41.4 Å². The van der Waals surface area contributed by atoms with Gasteiger partial charge in [0.05, 0.1) is 48.7 Å². The Labute approximate surface area is 295 Å². The maximum absolute atomic E-state index is 12.9. The molecule has 49 heavy (non-hydrogen) atoms. The van der Waals surface area contributed by atoms with E-state index in [1.165, 1.54) is 0 Å². The van der Waals surface area contributed by atoms with Gasteiger partial charge in [0, 0.05) is 45.9 Å². The van der Waals surface area contributed by atoms with Crippen LogP contribution in [0.5, 0.6) is 0 Å². The van der Waals surface area contributed by atoms with Gasteiger partial charge in [-0.3, -0.25) is 4.90 Å². The quantitative estimate of drug-likeness (QED) is 0.139. The molecule has 2 aliphatic rings. The van der Waals surface area contributed by atoms with Crippen molar-refractivity contribution < 1.29 is 38.3 Å². The van der Waals surface area contributed by atoms with Gasteiger partial charge in [0.1, 0.15) is 5.76 Å². The number of ether oxygens (including phenoxy) is 6. The molecule has 0 aliphatic carbocycles. The molecule has 0 aromatic heterocycles. The Balaban J connectivity index is 1.86. The average Bonchev–Trinajstić information content (AvgIpc) is 3.04. The molecule has 0 unspecified atom stereocenters. The summed E-state index contributed by atoms with van der Waals surface area (Å²) < 4.78 is 37.9. The van der Waals surface area contributed by atoms with Crippen LogP contribution in [0.15, 0.2) is 54.3 Å². The van der Waals surface area contributed by atoms with Gasteiger partial charge in [-0.2, -0.15) is 0 Å². The number of methoxy groups -OCH3 is 1. The van der Waals surface area contributed by atoms with Gasteiger partial charge in [0.15, 0.2) is 6.29 Å². The standard InChI is InChI=1S/C39H64N2O8/c1-13-17-33(45-25-30-18-15-14-16-19-30)32(24-42)41(11)23-26(2)22-39(8,44-12)36(47-34-21-31(40(9)10)20-27(3)46-34)28(4)35-29(5)37(43)49-38(6,7)48-35/h13-16,18-19,26-28,31-34,36,42H,1,17,20-25H2,2-12H3/t26-,27-,28+,31-,32+,33-,34+,36-,39-/m1/s1. The Hall–Kier alpha value is -2.31. The molecule has 0 spiro atoms. The molecular formula is C39H64N2O8. The van der Waals surface area contributed by atoms with E-state index in [-0.39, 0.29) is 36.7 Å². The van der Waals surface area contributed by atoms with E-state index in [0.29, 0.717) is 49.8 Å². The molecule has 0 saturated carbocycles. The zero-order valence-corrected chi connectivity index (χ0v) is 31.9. The minimum atomic E-state index is -1.11. The predicted octanol–water partition coefficient (Wildman–Crippen LogP) is 5.93. The van der Waals surface area contributed by atoms with Crippen LogP contribution in [0, 0.1) is 11.8 Å². The fourth-order valence-electron chi connectivity index (χ4n) is 7.39. The highest BCUT2D eigenvalue weighted by molar-refractivity contribution is 5.89. The number of carbonyl (C=O) groups is 1. The number of esters is 1. The van der Waals surface area contributed by atoms with Crippen molar-refractivity contribution in [3.8, 4) is 0 Å². The van der Waals surface area contributed by atoms with Crippen molar-refractivity contribution in [1.82, 2.24) is 9.80 Å². The van der Waals surface area contributed by atoms with Crippen molar-refractivity contribution in [3.63, 3.8) is 0 Å². The molecular weight excluding hydrogens is 624 g/mol. The third kappa shape index (κ3) is 11.3. The first-order valence-electron chi connectivity index (χ1n) is 17.8. The summed E-state index contributed by atoms with van der Waals surface area (Å²) in [5, 5.41) is 10.6. The molecule has 1 saturated heterocycles. The van der Waals surface area contributed by atoms with Crippen molar-refractivity contribution in [1.29, 1.82) is 0 Å². The maximum Gasteiger partial charge on any atom is 0.340 e. The Morgan fingerprint density at radius 3 is 2.41 bits per heavy atom. The van der Waals surface area contributed by atoms with Crippen LogP contribution in [-0.2, 0) is 39.8 Å². The number of carbonyl (C=O) groups excluding carboxylic acids is 1. The van der Waals surface area contributed by atoms with E-state index in [4.69, 9.17) is 28.4 Å². The third-order valence-electron chi connectivity index (χ3n) is 10.0. The van der Waals surface area contributed by atoms with E-state index in [1.54, 1.807) is 27.9 Å². The summed E-state index contributed by atoms with van der Waals surface area (Å²) in [6, 6.07) is 10.1. The van der Waals surface area contributed by atoms with Crippen molar-refractivity contribution in [2.24, 2.45) is 11.8 Å². The molecule has 10 heteroatoms. The van der Waals surface area contributed by atoms with E-state index in [2.05, 4.69) is 51.2 Å². The molecule has 0 radical (unpaired) electrons. The van der Waals surface area contributed by atoms with Crippen LogP contribution >= 0.6 is 0 Å². The summed E-state index contributed by atoms with van der Waals surface area (Å²) in [5.41, 5.74) is 0.696. The molecule has 0 bridgehead atoms. The second kappa shape index (κ2) is 18.3. The lowest BCUT2D eigenvalue weighted by Crippen LogP contribution is -2.54. The average molecular weight is 689 g/mol. The van der Waals surface area contributed by atoms with Crippen molar-refractivity contribution in [3.05, 3.63) is 59.9 Å². The first-order valence-corrected chi connectivity index (χ1v) is 17.8. The Morgan fingerprint density at radius 2 is 1.82 bits per heavy atom. The number of benzene rings is 1. The largest absolute Gasteiger partial charge is 0.456 e. The zero-order chi connectivity index (χ0) is 36.5. The lowest BCUT2D eigenvalue weighted by atomic mass is 9.80. The Bertz CT molecular complexity index is 1220. The van der Waals surface area contributed by atoms with E-state index >= 15 is 0 Å². The highest BCUT2D eigenvalue weighted by Crippen LogP contribution is 2.40. The molecule has 0 amide bonds. The third-order valence-corrected chi connectivity index (χ3v) is 10.0. The van der Waals surface area contributed by atoms with Crippen LogP contribution in [-0.4, -0.2) is 110 Å². The van der Waals surface area contributed by atoms with Gasteiger partial charge >= 0.3 is 5.97 Å². The molecule has 1 fully saturated rings. The van der Waals surface area contributed by atoms with Crippen molar-refractivity contribution in [2.45, 2.75) is 129 Å². The number of aliphatic hydroxyl groups excluding tert-OH is 1. The van der Waals surface area contributed by atoms with Crippen LogP contribution in [0.1, 0.15) is 79.7 Å². The molecule has 10 nitrogen and oxygen atoms in total. The summed E-state index contributed by atoms with van der Waals surface area (Å²) in [7, 11) is 7.90. The predicted molar refractivity (Wildman–Crippen MR) is 192 cm³/mol. The molecule has 9 atom stereocenters. The number of rotatable bonds is 19. The Kier molecular flexibility index (Phi) is 15.3. The topological polar surface area (TPSA) is 99.2 Å². The number of likely N-dealkylation sites (N-methyl/N-ethyl adjacent to an activating group) is 1. The van der Waals surface area contributed by atoms with Crippen LogP contribution in [0.4, 0.5) is 0 Å². The molecule has 1 aromatic rings. The van der Waals surface area contributed by atoms with Gasteiger partial charge in [-0.15, -0.1) is 6.58 Å². The molecule has 2 aliphatic heterocycles. The lowest BCUT2D eigenvalue weighted by molar-refractivity contribution is -0.268. The summed E-state index contributed by atoms with van der Waals surface area (Å²) in [4.78, 5) is 17.3. The highest BCUT2D eigenvalue weighted by atomic mass is 16.7. The van der Waals surface area contributed by atoms with Gasteiger partial charge in [-0.1, -0.05) is 50.3 Å². The smallest absolute Gasteiger partial charge is 0.340 e. The highest BCUT2D eigenvalue weighted by Gasteiger charge is 2.47. The SMILES string of the molecule is C=CC[C@@H](OCc1ccccc1)[C@H](CO)N(C)C[C@H](C)C[C@@](C)(OC)[C@H](O[C@H]1C[C@H](N(C)C)C[C@@H](C)O1)[C@@H](C)C1=C(C)C(=O)OC(C)(C)O1. The van der Waals surface area contributed by atoms with E-state index < -0.39 is 29.8 Å². The van der Waals surface area contributed by atoms with Gasteiger partial charge < -0.3 is 38.4 Å². The molecule has 1 aromatic carbocycles. The molecule has 3 rings (SSSR count). The summed E-state index contributed by atoms with van der Waals surface area (Å²) >= 11 is 0. The first kappa shape index (κ1) is 41.1. The minimum Gasteiger partial charge on any atom is -0.456 e. The Morgan fingerprint density at radius 1 is 1.14 bits per heavy atom. The number of aliphatic hydroxyl groups is 1. The molecule has 2 heterocycles. The monoisotopic (exact) mass is 688 g/mol. The molecule has 1 N–H and O–H groups in total. The van der Waals surface area contributed by atoms with Gasteiger partial charge in [0.2, 0.25) is 5.79 Å². The summed E-state index contributed by atoms with van der Waals surface area (Å²) in [5.74, 6) is -1.23. The van der Waals surface area contributed by atoms with Gasteiger partial charge in [0.25, 0.3) is 0 Å². The lowest BCUT2D eigenvalue weighted by Gasteiger charge is -2.46. The number of cyclic esters (lactones) is 1. The zero-order valence-electron chi connectivity index (χ0n) is 31.9. The van der Waals surface area contributed by atoms with Crippen molar-refractivity contribution >= 4 is 5.97 Å². The van der Waals surface area contributed by atoms with Crippen LogP contribution in [0.3, 0.4) is 0 Å². The molecule has 278 valence electrons. The number of hydrogen-bond acceptors (Lipinski definition) is 10. The maximum atomic E-state index is 12.9. The van der Waals surface area contributed by atoms with Gasteiger partial charge in [-0.05, 0) is 72.7 Å². The van der Waals surface area contributed by atoms with Gasteiger partial charge in [-0.25, -0.2) is 4.79 Å². The summed E-state index contributed by atoms with van der Waals surface area (Å²) in [6.07, 6.45) is 3.48. The first-order chi connectivity index (χ1) is 23.0.